The molecule has 1 aromatic heterocycles. The predicted octanol–water partition coefficient (Wildman–Crippen LogP) is 3.46. The third-order valence-electron chi connectivity index (χ3n) is 5.72. The molecule has 2 aromatic rings. The van der Waals surface area contributed by atoms with Gasteiger partial charge in [-0.05, 0) is 45.4 Å². The van der Waals surface area contributed by atoms with E-state index < -0.39 is 11.6 Å². The molecule has 2 saturated heterocycles. The number of fused-ring (bicyclic) bond motifs is 2. The molecule has 4 rings (SSSR count). The van der Waals surface area contributed by atoms with E-state index in [0.717, 1.165) is 5.56 Å². The summed E-state index contributed by atoms with van der Waals surface area (Å²) in [6.07, 6.45) is 2.02. The monoisotopic (exact) mass is 508 g/mol. The van der Waals surface area contributed by atoms with Gasteiger partial charge in [-0.25, -0.2) is 19.2 Å². The van der Waals surface area contributed by atoms with Gasteiger partial charge in [-0.3, -0.25) is 4.90 Å². The summed E-state index contributed by atoms with van der Waals surface area (Å²) >= 11 is -0.750. The van der Waals surface area contributed by atoms with Gasteiger partial charge in [0.15, 0.2) is 0 Å². The van der Waals surface area contributed by atoms with Gasteiger partial charge in [0.25, 0.3) is 0 Å². The Kier molecular flexibility index (Phi) is 9.10. The molecule has 1 N–H and O–H groups in total. The summed E-state index contributed by atoms with van der Waals surface area (Å²) in [5.41, 5.74) is 1.87. The van der Waals surface area contributed by atoms with Crippen molar-refractivity contribution in [3.8, 4) is 5.88 Å². The molecule has 0 saturated carbocycles. The summed E-state index contributed by atoms with van der Waals surface area (Å²) in [7, 11) is 0. The van der Waals surface area contributed by atoms with E-state index in [1.165, 1.54) is 12.4 Å². The number of anilines is 2. The first kappa shape index (κ1) is 26.5. The van der Waals surface area contributed by atoms with E-state index in [9.17, 15) is 9.18 Å². The standard InChI is InChI=1S/C23H29FN4O4.O2S/c1-13(2)31-23(29)28-16-8-18(9-17(28)11-30-10-16)32-22-15(4)21(25-12-26-22)27-20-6-5-14(3)7-19(20)24;1-3-2/h5-7,12-13,16-18H,8-11H2,1-4H3,(H,25,26,27);. The number of hydrogen-bond donors (Lipinski definition) is 1. The Bertz CT molecular complexity index is 1070. The Morgan fingerprint density at radius 3 is 2.46 bits per heavy atom. The molecule has 0 radical (unpaired) electrons. The normalized spacial score (nSPS) is 21.0. The van der Waals surface area contributed by atoms with Gasteiger partial charge < -0.3 is 19.5 Å². The first-order chi connectivity index (χ1) is 16.7. The number of halogens is 1. The number of morpholine rings is 1. The number of hydrogen-bond acceptors (Lipinski definition) is 9. The SMILES string of the molecule is Cc1ccc(Nc2ncnc(OC3CC4COCC(C3)N4C(=O)OC(C)C)c2C)c(F)c1.O=S=O. The van der Waals surface area contributed by atoms with E-state index in [4.69, 9.17) is 22.6 Å². The number of rotatable bonds is 5. The average molecular weight is 509 g/mol. The molecule has 2 aliphatic rings. The Hall–Kier alpha value is -3.12. The third kappa shape index (κ3) is 6.73. The first-order valence-electron chi connectivity index (χ1n) is 11.2. The van der Waals surface area contributed by atoms with Crippen molar-refractivity contribution >= 4 is 29.2 Å². The first-order valence-corrected chi connectivity index (χ1v) is 11.9. The topological polar surface area (TPSA) is 120 Å². The van der Waals surface area contributed by atoms with Gasteiger partial charge in [0.2, 0.25) is 5.88 Å². The van der Waals surface area contributed by atoms with E-state index >= 15 is 0 Å². The fourth-order valence-corrected chi connectivity index (χ4v) is 4.21. The minimum Gasteiger partial charge on any atom is -0.474 e. The molecule has 1 amide bonds. The van der Waals surface area contributed by atoms with Gasteiger partial charge in [-0.15, -0.1) is 0 Å². The second-order valence-corrected chi connectivity index (χ2v) is 8.86. The highest BCUT2D eigenvalue weighted by molar-refractivity contribution is 7.51. The number of aryl methyl sites for hydroxylation is 1. The van der Waals surface area contributed by atoms with Gasteiger partial charge in [0.1, 0.15) is 24.1 Å². The van der Waals surface area contributed by atoms with Crippen molar-refractivity contribution in [1.29, 1.82) is 0 Å². The van der Waals surface area contributed by atoms with Crippen LogP contribution in [-0.4, -0.2) is 66.9 Å². The molecule has 10 nitrogen and oxygen atoms in total. The highest BCUT2D eigenvalue weighted by atomic mass is 32.1. The summed E-state index contributed by atoms with van der Waals surface area (Å²) in [6, 6.07) is 4.76. The number of ether oxygens (including phenoxy) is 3. The second-order valence-electron chi connectivity index (χ2n) is 8.72. The second kappa shape index (κ2) is 12.0. The van der Waals surface area contributed by atoms with Crippen LogP contribution in [0, 0.1) is 19.7 Å². The van der Waals surface area contributed by atoms with Crippen molar-refractivity contribution in [1.82, 2.24) is 14.9 Å². The highest BCUT2D eigenvalue weighted by Crippen LogP contribution is 2.33. The number of benzene rings is 1. The van der Waals surface area contributed by atoms with Crippen molar-refractivity contribution < 1.29 is 31.8 Å². The third-order valence-corrected chi connectivity index (χ3v) is 5.72. The van der Waals surface area contributed by atoms with Gasteiger partial charge in [-0.2, -0.15) is 8.42 Å². The van der Waals surface area contributed by atoms with Crippen LogP contribution in [0.3, 0.4) is 0 Å². The maximum absolute atomic E-state index is 14.3. The molecular weight excluding hydrogens is 479 g/mol. The molecule has 0 aliphatic carbocycles. The molecule has 3 heterocycles. The van der Waals surface area contributed by atoms with Crippen LogP contribution in [0.4, 0.5) is 20.7 Å². The van der Waals surface area contributed by atoms with E-state index in [2.05, 4.69) is 15.3 Å². The van der Waals surface area contributed by atoms with Crippen LogP contribution in [0.5, 0.6) is 5.88 Å². The Morgan fingerprint density at radius 2 is 1.86 bits per heavy atom. The fraction of sp³-hybridized carbons (Fsp3) is 0.522. The Morgan fingerprint density at radius 1 is 1.20 bits per heavy atom. The van der Waals surface area contributed by atoms with Crippen LogP contribution in [0.15, 0.2) is 24.5 Å². The molecule has 12 heteroatoms. The molecule has 2 aliphatic heterocycles. The smallest absolute Gasteiger partial charge is 0.410 e. The lowest BCUT2D eigenvalue weighted by molar-refractivity contribution is -0.0934. The van der Waals surface area contributed by atoms with Gasteiger partial charge in [0.05, 0.1) is 42.7 Å². The molecule has 2 unspecified atom stereocenters. The minimum absolute atomic E-state index is 0.111. The molecule has 35 heavy (non-hydrogen) atoms. The number of carbonyl (C=O) groups is 1. The Balaban J connectivity index is 0.00000108. The highest BCUT2D eigenvalue weighted by Gasteiger charge is 2.43. The number of nitrogens with zero attached hydrogens (tertiary/aromatic N) is 3. The van der Waals surface area contributed by atoms with Crippen molar-refractivity contribution in [3.63, 3.8) is 0 Å². The summed E-state index contributed by atoms with van der Waals surface area (Å²) in [5, 5.41) is 3.03. The number of aromatic nitrogens is 2. The van der Waals surface area contributed by atoms with Gasteiger partial charge in [0, 0.05) is 12.8 Å². The van der Waals surface area contributed by atoms with Crippen LogP contribution in [-0.2, 0) is 21.0 Å². The summed E-state index contributed by atoms with van der Waals surface area (Å²) in [6.45, 7) is 8.25. The summed E-state index contributed by atoms with van der Waals surface area (Å²) in [5.74, 6) is 0.579. The predicted molar refractivity (Wildman–Crippen MR) is 126 cm³/mol. The maximum atomic E-state index is 14.3. The van der Waals surface area contributed by atoms with Crippen LogP contribution in [0.2, 0.25) is 0 Å². The molecule has 0 spiro atoms. The molecule has 2 bridgehead atoms. The molecule has 1 aromatic carbocycles. The van der Waals surface area contributed by atoms with E-state index in [-0.39, 0.29) is 36.2 Å². The van der Waals surface area contributed by atoms with Crippen LogP contribution >= 0.6 is 0 Å². The van der Waals surface area contributed by atoms with Crippen molar-refractivity contribution in [2.24, 2.45) is 0 Å². The van der Waals surface area contributed by atoms with Crippen molar-refractivity contribution in [2.75, 3.05) is 18.5 Å². The molecular formula is C23H29FN4O6S. The average Bonchev–Trinajstić information content (AvgIpc) is 2.77. The van der Waals surface area contributed by atoms with Crippen molar-refractivity contribution in [3.05, 3.63) is 41.5 Å². The molecule has 2 atom stereocenters. The maximum Gasteiger partial charge on any atom is 0.410 e. The largest absolute Gasteiger partial charge is 0.474 e. The summed E-state index contributed by atoms with van der Waals surface area (Å²) in [4.78, 5) is 22.9. The zero-order valence-corrected chi connectivity index (χ0v) is 20.8. The lowest BCUT2D eigenvalue weighted by atomic mass is 9.92. The zero-order valence-electron chi connectivity index (χ0n) is 20.0. The number of nitrogens with one attached hydrogen (secondary N) is 1. The lowest BCUT2D eigenvalue weighted by Crippen LogP contribution is -2.61. The van der Waals surface area contributed by atoms with Gasteiger partial charge >= 0.3 is 17.7 Å². The Labute approximate surface area is 206 Å². The quantitative estimate of drug-likeness (QED) is 0.647. The van der Waals surface area contributed by atoms with E-state index in [1.54, 1.807) is 11.0 Å². The lowest BCUT2D eigenvalue weighted by Gasteiger charge is -2.47. The molecule has 2 fully saturated rings. The minimum atomic E-state index is -0.750. The van der Waals surface area contributed by atoms with Crippen molar-refractivity contribution in [2.45, 2.75) is 64.8 Å². The summed E-state index contributed by atoms with van der Waals surface area (Å²) < 4.78 is 48.2. The number of amides is 1. The van der Waals surface area contributed by atoms with Crippen LogP contribution in [0.1, 0.15) is 37.8 Å². The molecule has 190 valence electrons. The number of carbonyl (C=O) groups excluding carboxylic acids is 1. The zero-order chi connectivity index (χ0) is 25.5. The fourth-order valence-electron chi connectivity index (χ4n) is 4.21. The number of piperidine rings is 1. The van der Waals surface area contributed by atoms with E-state index in [1.807, 2.05) is 33.8 Å². The van der Waals surface area contributed by atoms with Crippen LogP contribution < -0.4 is 10.1 Å². The van der Waals surface area contributed by atoms with E-state index in [0.29, 0.717) is 49.0 Å². The van der Waals surface area contributed by atoms with Gasteiger partial charge in [-0.1, -0.05) is 6.07 Å². The van der Waals surface area contributed by atoms with Crippen LogP contribution in [0.25, 0.3) is 0 Å².